The largest absolute Gasteiger partial charge is 0.336 e. The van der Waals surface area contributed by atoms with Gasteiger partial charge in [0, 0.05) is 101 Å². The van der Waals surface area contributed by atoms with Crippen molar-refractivity contribution in [3.63, 3.8) is 0 Å². The third-order valence-electron chi connectivity index (χ3n) is 20.9. The molecule has 0 N–H and O–H groups in total. The van der Waals surface area contributed by atoms with E-state index in [-0.39, 0.29) is 32.5 Å². The highest BCUT2D eigenvalue weighted by molar-refractivity contribution is 6.14. The molecule has 12 heteroatoms. The van der Waals surface area contributed by atoms with Gasteiger partial charge < -0.3 is 13.7 Å². The van der Waals surface area contributed by atoms with E-state index in [0.717, 1.165) is 115 Å². The Morgan fingerprint density at radius 1 is 0.263 bits per heavy atom. The van der Waals surface area contributed by atoms with Gasteiger partial charge in [0.05, 0.1) is 35.1 Å². The zero-order valence-corrected chi connectivity index (χ0v) is 60.8. The van der Waals surface area contributed by atoms with Crippen LogP contribution in [-0.4, -0.2) is 58.2 Å². The maximum atomic E-state index is 4.94. The Bertz CT molecular complexity index is 5750. The highest BCUT2D eigenvalue weighted by Crippen LogP contribution is 2.41. The van der Waals surface area contributed by atoms with Crippen molar-refractivity contribution in [2.24, 2.45) is 0 Å². The lowest BCUT2D eigenvalue weighted by Crippen LogP contribution is -2.19. The second-order valence-electron chi connectivity index (χ2n) is 34.4. The zero-order valence-electron chi connectivity index (χ0n) is 60.8. The molecule has 0 spiro atoms. The molecule has 18 bridgehead atoms. The summed E-state index contributed by atoms with van der Waals surface area (Å²) in [6.07, 6.45) is 6.20. The van der Waals surface area contributed by atoms with Crippen LogP contribution in [0.15, 0.2) is 182 Å². The molecule has 0 radical (unpaired) electrons. The number of aromatic nitrogens is 12. The van der Waals surface area contributed by atoms with E-state index in [1.807, 2.05) is 13.5 Å². The number of benzene rings is 9. The molecule has 12 nitrogen and oxygen atoms in total. The molecular formula is C87H90N12. The number of hydrogen-bond donors (Lipinski definition) is 0. The molecule has 16 rings (SSSR count). The summed E-state index contributed by atoms with van der Waals surface area (Å²) < 4.78 is 13.2. The first-order valence-electron chi connectivity index (χ1n) is 35.2. The second-order valence-corrected chi connectivity index (χ2v) is 34.4. The van der Waals surface area contributed by atoms with Crippen LogP contribution in [0.1, 0.15) is 175 Å². The Kier molecular flexibility index (Phi) is 14.2. The molecule has 99 heavy (non-hydrogen) atoms. The molecule has 7 heterocycles. The molecule has 0 aliphatic rings. The summed E-state index contributed by atoms with van der Waals surface area (Å²) in [6.45, 7) is 43.7. The van der Waals surface area contributed by atoms with Crippen LogP contribution < -0.4 is 0 Å². The van der Waals surface area contributed by atoms with Gasteiger partial charge in [-0.05, 0) is 174 Å². The lowest BCUT2D eigenvalue weighted by Gasteiger charge is -2.28. The highest BCUT2D eigenvalue weighted by atomic mass is 15.4. The van der Waals surface area contributed by atoms with Crippen LogP contribution in [0.2, 0.25) is 0 Å². The van der Waals surface area contributed by atoms with Gasteiger partial charge >= 0.3 is 0 Å². The predicted molar refractivity (Wildman–Crippen MR) is 413 cm³/mol. The SMILES string of the molecule is CC(C)(C)c1cc(Cn2c3ccc4cc3c3cc(ccc32)n2cc(nn2)c2ccc3c(c2)c2cc(ccc2n3Cc2cc(C(C)(C)C)cc(C(C)(C)C)c2)n2cc(nn2)c2ccc3c(c2)c2cc(ccc2n3Cc2ccc(C(C)(C)C)cc2C(C)(C)C)n2cc4nn2)cc(C(C)(C)C)c1. The van der Waals surface area contributed by atoms with Crippen LogP contribution in [0.5, 0.6) is 0 Å². The summed E-state index contributed by atoms with van der Waals surface area (Å²) in [5.74, 6) is 0. The standard InChI is InChI=1S/C87H90N12/c1-82(2,3)58-23-19-57(72(42-58)87(16,17)18)48-96-78-29-22-56-39-68(78)71-45-65(26-32-81(71)96)99-50-74(89-93-99)55-21-28-77-67(38-55)69-43-63(24-30-79(69)95(77)47-53-35-61(85(10,11)12)41-62(36-53)86(13,14)15)97-49-73(88-91-97)54-20-27-76-66(37-54)70-44-64(98-51-75(56)90-92-98)25-31-80(70)94(76)46-52-33-59(83(4,5)6)40-60(34-52)84(7,8)9/h19-45,49-51H,46-48H2,1-18H3. The summed E-state index contributed by atoms with van der Waals surface area (Å²) in [5.41, 5.74) is 23.6. The molecule has 0 aliphatic carbocycles. The molecule has 0 fully saturated rings. The first-order valence-corrected chi connectivity index (χ1v) is 35.2. The highest BCUT2D eigenvalue weighted by Gasteiger charge is 2.27. The fraction of sp³-hybridized carbons (Fsp3) is 0.310. The van der Waals surface area contributed by atoms with Gasteiger partial charge in [-0.2, -0.15) is 0 Å². The molecule has 0 unspecified atom stereocenters. The van der Waals surface area contributed by atoms with E-state index < -0.39 is 0 Å². The fourth-order valence-corrected chi connectivity index (χ4v) is 15.0. The van der Waals surface area contributed by atoms with Crippen molar-refractivity contribution >= 4 is 115 Å². The molecule has 16 aromatic rings. The second kappa shape index (κ2) is 22.2. The summed E-state index contributed by atoms with van der Waals surface area (Å²) in [4.78, 5) is 0. The van der Waals surface area contributed by atoms with Crippen molar-refractivity contribution in [1.82, 2.24) is 58.2 Å². The Hall–Kier alpha value is -10.2. The van der Waals surface area contributed by atoms with Crippen LogP contribution in [-0.2, 0) is 52.1 Å². The van der Waals surface area contributed by atoms with Crippen LogP contribution in [0.3, 0.4) is 0 Å². The molecule has 0 saturated heterocycles. The van der Waals surface area contributed by atoms with Gasteiger partial charge in [0.25, 0.3) is 0 Å². The van der Waals surface area contributed by atoms with Gasteiger partial charge in [0.15, 0.2) is 0 Å². The Balaban J connectivity index is 0.959. The van der Waals surface area contributed by atoms with Gasteiger partial charge in [-0.1, -0.05) is 213 Å². The first kappa shape index (κ1) is 63.5. The van der Waals surface area contributed by atoms with E-state index >= 15 is 0 Å². The topological polar surface area (TPSA) is 105 Å². The van der Waals surface area contributed by atoms with Gasteiger partial charge in [-0.25, -0.2) is 13.5 Å². The van der Waals surface area contributed by atoms with Crippen molar-refractivity contribution in [1.29, 1.82) is 0 Å². The molecule has 0 saturated carbocycles. The monoisotopic (exact) mass is 1300 g/mol. The summed E-state index contributed by atoms with van der Waals surface area (Å²) in [7, 11) is 0. The van der Waals surface area contributed by atoms with Crippen molar-refractivity contribution in [2.75, 3.05) is 0 Å². The predicted octanol–water partition coefficient (Wildman–Crippen LogP) is 21.2. The minimum absolute atomic E-state index is 0.0127. The van der Waals surface area contributed by atoms with Gasteiger partial charge in [-0.15, -0.1) is 15.3 Å². The van der Waals surface area contributed by atoms with E-state index in [1.165, 1.54) is 50.1 Å². The normalized spacial score (nSPS) is 13.3. The number of hydrogen-bond acceptors (Lipinski definition) is 6. The summed E-state index contributed by atoms with van der Waals surface area (Å²) >= 11 is 0. The van der Waals surface area contributed by atoms with E-state index in [2.05, 4.69) is 321 Å². The quantitative estimate of drug-likeness (QED) is 0.164. The number of nitrogens with zero attached hydrogens (tertiary/aromatic N) is 12. The third-order valence-corrected chi connectivity index (χ3v) is 20.9. The maximum absolute atomic E-state index is 4.94. The average molecular weight is 1300 g/mol. The van der Waals surface area contributed by atoms with Gasteiger partial charge in [-0.3, -0.25) is 0 Å². The maximum Gasteiger partial charge on any atom is 0.113 e. The lowest BCUT2D eigenvalue weighted by molar-refractivity contribution is 0.561. The fourth-order valence-electron chi connectivity index (χ4n) is 15.0. The molecule has 9 aromatic carbocycles. The van der Waals surface area contributed by atoms with E-state index in [1.54, 1.807) is 0 Å². The van der Waals surface area contributed by atoms with Crippen LogP contribution in [0, 0.1) is 0 Å². The van der Waals surface area contributed by atoms with Gasteiger partial charge in [0.1, 0.15) is 16.6 Å². The molecule has 0 atom stereocenters. The van der Waals surface area contributed by atoms with Gasteiger partial charge in [0.2, 0.25) is 0 Å². The zero-order chi connectivity index (χ0) is 69.4. The van der Waals surface area contributed by atoms with Crippen LogP contribution >= 0.6 is 0 Å². The van der Waals surface area contributed by atoms with Crippen molar-refractivity contribution < 1.29 is 0 Å². The minimum atomic E-state index is -0.0815. The van der Waals surface area contributed by atoms with E-state index in [0.29, 0.717) is 19.6 Å². The molecular weight excluding hydrogens is 1210 g/mol. The molecule has 0 aliphatic heterocycles. The Labute approximate surface area is 578 Å². The van der Waals surface area contributed by atoms with E-state index in [4.69, 9.17) is 30.9 Å². The Morgan fingerprint density at radius 2 is 0.556 bits per heavy atom. The Morgan fingerprint density at radius 3 is 0.859 bits per heavy atom. The number of rotatable bonds is 6. The summed E-state index contributed by atoms with van der Waals surface area (Å²) in [6, 6.07) is 62.1. The van der Waals surface area contributed by atoms with Crippen molar-refractivity contribution in [3.8, 4) is 0 Å². The molecule has 7 aromatic heterocycles. The lowest BCUT2D eigenvalue weighted by atomic mass is 9.78. The van der Waals surface area contributed by atoms with Crippen molar-refractivity contribution in [2.45, 2.75) is 177 Å². The van der Waals surface area contributed by atoms with E-state index in [9.17, 15) is 0 Å². The number of fused-ring (bicyclic) bond motifs is 18. The van der Waals surface area contributed by atoms with Crippen molar-refractivity contribution in [3.05, 3.63) is 232 Å². The minimum Gasteiger partial charge on any atom is -0.336 e. The first-order chi connectivity index (χ1) is 46.7. The smallest absolute Gasteiger partial charge is 0.113 e. The summed E-state index contributed by atoms with van der Waals surface area (Å²) in [5, 5.41) is 39.1. The van der Waals surface area contributed by atoms with Crippen LogP contribution in [0.4, 0.5) is 0 Å². The molecule has 0 amide bonds. The molecule has 498 valence electrons. The van der Waals surface area contributed by atoms with Crippen LogP contribution in [0.25, 0.3) is 115 Å². The average Bonchev–Trinajstić information content (AvgIpc) is 1.59. The third kappa shape index (κ3) is 11.2.